The second-order valence-corrected chi connectivity index (χ2v) is 4.93. The van der Waals surface area contributed by atoms with Crippen LogP contribution in [0.4, 0.5) is 0 Å². The molecule has 18 heavy (non-hydrogen) atoms. The first-order chi connectivity index (χ1) is 7.97. The number of hydrogen-bond acceptors (Lipinski definition) is 2. The Balaban J connectivity index is 0.00000289. The Kier molecular flexibility index (Phi) is 7.32. The van der Waals surface area contributed by atoms with Crippen molar-refractivity contribution in [3.63, 3.8) is 0 Å². The van der Waals surface area contributed by atoms with Gasteiger partial charge >= 0.3 is 5.97 Å². The van der Waals surface area contributed by atoms with Gasteiger partial charge in [-0.3, -0.25) is 0 Å². The van der Waals surface area contributed by atoms with Gasteiger partial charge in [-0.2, -0.15) is 0 Å². The van der Waals surface area contributed by atoms with Gasteiger partial charge in [-0.05, 0) is 11.6 Å². The molecule has 0 aromatic heterocycles. The van der Waals surface area contributed by atoms with Crippen molar-refractivity contribution in [3.05, 3.63) is 42.0 Å². The highest BCUT2D eigenvalue weighted by Crippen LogP contribution is 2.01. The van der Waals surface area contributed by atoms with E-state index in [0.29, 0.717) is 6.61 Å². The quantitative estimate of drug-likeness (QED) is 0.388. The maximum atomic E-state index is 11.4. The van der Waals surface area contributed by atoms with E-state index in [4.69, 9.17) is 4.74 Å². The summed E-state index contributed by atoms with van der Waals surface area (Å²) in [6.45, 7) is 1.26. The Bertz CT molecular complexity index is 383. The average molecular weight is 270 g/mol. The topological polar surface area (TPSA) is 26.3 Å². The number of esters is 1. The number of benzene rings is 1. The summed E-state index contributed by atoms with van der Waals surface area (Å²) < 4.78 is 5.89. The number of carbonyl (C=O) groups is 1. The zero-order valence-corrected chi connectivity index (χ0v) is 11.9. The zero-order valence-electron chi connectivity index (χ0n) is 11.1. The van der Waals surface area contributed by atoms with Crippen molar-refractivity contribution in [2.75, 3.05) is 34.3 Å². The Morgan fingerprint density at radius 3 is 2.39 bits per heavy atom. The van der Waals surface area contributed by atoms with Crippen LogP contribution in [-0.4, -0.2) is 44.7 Å². The second kappa shape index (κ2) is 7.90. The Labute approximate surface area is 115 Å². The number of carbonyl (C=O) groups excluding carboxylic acids is 1. The van der Waals surface area contributed by atoms with Gasteiger partial charge in [-0.25, -0.2) is 4.79 Å². The predicted octanol–water partition coefficient (Wildman–Crippen LogP) is -1.05. The monoisotopic (exact) mass is 269 g/mol. The Morgan fingerprint density at radius 1 is 1.22 bits per heavy atom. The molecule has 0 saturated carbocycles. The summed E-state index contributed by atoms with van der Waals surface area (Å²) in [5, 5.41) is 0. The lowest BCUT2D eigenvalue weighted by molar-refractivity contribution is -0.870. The first kappa shape index (κ1) is 16.7. The van der Waals surface area contributed by atoms with E-state index in [1.807, 2.05) is 30.3 Å². The van der Waals surface area contributed by atoms with Crippen LogP contribution in [0.5, 0.6) is 0 Å². The molecule has 4 heteroatoms. The summed E-state index contributed by atoms with van der Waals surface area (Å²) >= 11 is 0. The lowest BCUT2D eigenvalue weighted by Gasteiger charge is -2.23. The lowest BCUT2D eigenvalue weighted by atomic mass is 10.2. The van der Waals surface area contributed by atoms with Gasteiger partial charge in [0, 0.05) is 6.08 Å². The Hall–Kier alpha value is -1.32. The molecule has 0 heterocycles. The van der Waals surface area contributed by atoms with Gasteiger partial charge in [0.05, 0.1) is 21.1 Å². The molecule has 0 aliphatic rings. The van der Waals surface area contributed by atoms with Gasteiger partial charge in [0.25, 0.3) is 0 Å². The van der Waals surface area contributed by atoms with Crippen LogP contribution in [0.2, 0.25) is 0 Å². The highest BCUT2D eigenvalue weighted by atomic mass is 35.5. The van der Waals surface area contributed by atoms with E-state index in [-0.39, 0.29) is 18.4 Å². The standard InChI is InChI=1S/C14H20NO2.ClH/c1-15(2,3)11-12-17-14(16)10-9-13-7-5-4-6-8-13;/h4-10H,11-12H2,1-3H3;1H/q+1;/p-1/b10-9+;. The smallest absolute Gasteiger partial charge is 0.330 e. The normalized spacial score (nSPS) is 11.1. The lowest BCUT2D eigenvalue weighted by Crippen LogP contribution is -3.00. The van der Waals surface area contributed by atoms with Gasteiger partial charge in [0.2, 0.25) is 0 Å². The van der Waals surface area contributed by atoms with Crippen molar-refractivity contribution >= 4 is 12.0 Å². The van der Waals surface area contributed by atoms with Crippen LogP contribution in [0.3, 0.4) is 0 Å². The molecule has 1 aromatic rings. The van der Waals surface area contributed by atoms with E-state index < -0.39 is 0 Å². The van der Waals surface area contributed by atoms with Crippen LogP contribution in [0.25, 0.3) is 6.08 Å². The van der Waals surface area contributed by atoms with E-state index in [9.17, 15) is 4.79 Å². The molecule has 0 aliphatic carbocycles. The number of nitrogens with zero attached hydrogens (tertiary/aromatic N) is 1. The third-order valence-corrected chi connectivity index (χ3v) is 2.22. The minimum atomic E-state index is -0.290. The van der Waals surface area contributed by atoms with E-state index in [1.54, 1.807) is 6.08 Å². The summed E-state index contributed by atoms with van der Waals surface area (Å²) in [5.74, 6) is -0.290. The number of hydrogen-bond donors (Lipinski definition) is 0. The van der Waals surface area contributed by atoms with Gasteiger partial charge in [-0.1, -0.05) is 30.3 Å². The first-order valence-corrected chi connectivity index (χ1v) is 5.68. The zero-order chi connectivity index (χ0) is 12.7. The van der Waals surface area contributed by atoms with Crippen molar-refractivity contribution in [3.8, 4) is 0 Å². The minimum Gasteiger partial charge on any atom is -1.00 e. The van der Waals surface area contributed by atoms with Crippen molar-refractivity contribution in [1.82, 2.24) is 0 Å². The summed E-state index contributed by atoms with van der Waals surface area (Å²) in [6.07, 6.45) is 3.22. The number of halogens is 1. The number of rotatable bonds is 5. The molecule has 0 fully saturated rings. The second-order valence-electron chi connectivity index (χ2n) is 4.93. The van der Waals surface area contributed by atoms with Crippen molar-refractivity contribution in [1.29, 1.82) is 0 Å². The summed E-state index contributed by atoms with van der Waals surface area (Å²) in [6, 6.07) is 9.69. The number of ether oxygens (including phenoxy) is 1. The fraction of sp³-hybridized carbons (Fsp3) is 0.357. The molecule has 0 saturated heterocycles. The van der Waals surface area contributed by atoms with Crippen LogP contribution in [0, 0.1) is 0 Å². The average Bonchev–Trinajstić information content (AvgIpc) is 2.26. The third kappa shape index (κ3) is 7.87. The molecule has 1 aromatic carbocycles. The van der Waals surface area contributed by atoms with E-state index in [2.05, 4.69) is 21.1 Å². The molecule has 0 aliphatic heterocycles. The van der Waals surface area contributed by atoms with Crippen molar-refractivity contribution < 1.29 is 26.4 Å². The molecule has 100 valence electrons. The molecule has 1 rings (SSSR count). The van der Waals surface area contributed by atoms with Crippen LogP contribution >= 0.6 is 0 Å². The van der Waals surface area contributed by atoms with Crippen LogP contribution < -0.4 is 12.4 Å². The highest BCUT2D eigenvalue weighted by molar-refractivity contribution is 5.86. The largest absolute Gasteiger partial charge is 1.00 e. The first-order valence-electron chi connectivity index (χ1n) is 5.68. The molecule has 0 bridgehead atoms. The van der Waals surface area contributed by atoms with Gasteiger partial charge in [0.1, 0.15) is 13.2 Å². The van der Waals surface area contributed by atoms with Crippen LogP contribution in [-0.2, 0) is 9.53 Å². The predicted molar refractivity (Wildman–Crippen MR) is 69.3 cm³/mol. The van der Waals surface area contributed by atoms with E-state index in [0.717, 1.165) is 16.6 Å². The molecular formula is C14H20ClNO2. The molecule has 0 unspecified atom stereocenters. The fourth-order valence-corrected chi connectivity index (χ4v) is 1.20. The number of likely N-dealkylation sites (N-methyl/N-ethyl adjacent to an activating group) is 1. The fourth-order valence-electron chi connectivity index (χ4n) is 1.20. The van der Waals surface area contributed by atoms with Crippen LogP contribution in [0.15, 0.2) is 36.4 Å². The van der Waals surface area contributed by atoms with Gasteiger partial charge < -0.3 is 21.6 Å². The highest BCUT2D eigenvalue weighted by Gasteiger charge is 2.07. The maximum absolute atomic E-state index is 11.4. The molecule has 0 amide bonds. The third-order valence-electron chi connectivity index (χ3n) is 2.22. The molecule has 0 N–H and O–H groups in total. The Morgan fingerprint density at radius 2 is 1.83 bits per heavy atom. The number of quaternary nitrogens is 1. The molecule has 0 spiro atoms. The molecule has 3 nitrogen and oxygen atoms in total. The van der Waals surface area contributed by atoms with Crippen molar-refractivity contribution in [2.45, 2.75) is 0 Å². The SMILES string of the molecule is C[N+](C)(C)CCOC(=O)/C=C/c1ccccc1.[Cl-]. The van der Waals surface area contributed by atoms with Crippen LogP contribution in [0.1, 0.15) is 5.56 Å². The van der Waals surface area contributed by atoms with Crippen molar-refractivity contribution in [2.24, 2.45) is 0 Å². The minimum absolute atomic E-state index is 0. The van der Waals surface area contributed by atoms with Gasteiger partial charge in [-0.15, -0.1) is 0 Å². The molecule has 0 radical (unpaired) electrons. The molecule has 0 atom stereocenters. The summed E-state index contributed by atoms with van der Waals surface area (Å²) in [5.41, 5.74) is 0.996. The van der Waals surface area contributed by atoms with E-state index in [1.165, 1.54) is 6.08 Å². The summed E-state index contributed by atoms with van der Waals surface area (Å²) in [4.78, 5) is 11.4. The van der Waals surface area contributed by atoms with E-state index >= 15 is 0 Å². The summed E-state index contributed by atoms with van der Waals surface area (Å²) in [7, 11) is 6.19. The maximum Gasteiger partial charge on any atom is 0.330 e. The van der Waals surface area contributed by atoms with Gasteiger partial charge in [0.15, 0.2) is 0 Å². The molecular weight excluding hydrogens is 250 g/mol.